The van der Waals surface area contributed by atoms with Gasteiger partial charge in [-0.2, -0.15) is 0 Å². The molecular weight excluding hydrogens is 356 g/mol. The summed E-state index contributed by atoms with van der Waals surface area (Å²) >= 11 is 1.52. The molecule has 0 aromatic heterocycles. The zero-order valence-electron chi connectivity index (χ0n) is 14.8. The Morgan fingerprint density at radius 2 is 1.85 bits per heavy atom. The van der Waals surface area contributed by atoms with Crippen molar-refractivity contribution in [1.29, 1.82) is 0 Å². The SMILES string of the molecule is Cc1cccc(CNC(=O)c2ccc3c(c2)NC(=O)c2ccccc2S3)c1. The number of fused-ring (bicyclic) bond motifs is 2. The molecule has 0 saturated carbocycles. The van der Waals surface area contributed by atoms with Crippen LogP contribution in [0.5, 0.6) is 0 Å². The summed E-state index contributed by atoms with van der Waals surface area (Å²) < 4.78 is 0. The van der Waals surface area contributed by atoms with Crippen LogP contribution < -0.4 is 10.6 Å². The Morgan fingerprint density at radius 3 is 2.70 bits per heavy atom. The molecule has 0 atom stereocenters. The summed E-state index contributed by atoms with van der Waals surface area (Å²) in [6.07, 6.45) is 0. The summed E-state index contributed by atoms with van der Waals surface area (Å²) in [6.45, 7) is 2.49. The molecule has 0 bridgehead atoms. The molecule has 3 aromatic rings. The molecule has 2 amide bonds. The first-order chi connectivity index (χ1) is 13.1. The van der Waals surface area contributed by atoms with Gasteiger partial charge in [0.15, 0.2) is 0 Å². The van der Waals surface area contributed by atoms with Gasteiger partial charge in [0.05, 0.1) is 11.3 Å². The lowest BCUT2D eigenvalue weighted by molar-refractivity contribution is 0.0949. The van der Waals surface area contributed by atoms with E-state index in [0.717, 1.165) is 20.9 Å². The van der Waals surface area contributed by atoms with Crippen LogP contribution in [0.15, 0.2) is 76.5 Å². The van der Waals surface area contributed by atoms with Crippen LogP contribution in [-0.2, 0) is 6.54 Å². The fraction of sp³-hybridized carbons (Fsp3) is 0.0909. The topological polar surface area (TPSA) is 58.2 Å². The monoisotopic (exact) mass is 374 g/mol. The Bertz CT molecular complexity index is 1050. The average molecular weight is 374 g/mol. The fourth-order valence-corrected chi connectivity index (χ4v) is 4.03. The Hall–Kier alpha value is -3.05. The first-order valence-electron chi connectivity index (χ1n) is 8.66. The molecule has 2 N–H and O–H groups in total. The molecule has 0 radical (unpaired) electrons. The second-order valence-electron chi connectivity index (χ2n) is 6.44. The Kier molecular flexibility index (Phi) is 4.69. The number of benzene rings is 3. The zero-order chi connectivity index (χ0) is 18.8. The van der Waals surface area contributed by atoms with Crippen LogP contribution in [0.1, 0.15) is 31.8 Å². The highest BCUT2D eigenvalue weighted by Gasteiger charge is 2.20. The second kappa shape index (κ2) is 7.29. The Balaban J connectivity index is 1.54. The number of hydrogen-bond donors (Lipinski definition) is 2. The van der Waals surface area contributed by atoms with E-state index in [0.29, 0.717) is 23.4 Å². The molecule has 0 spiro atoms. The number of anilines is 1. The first kappa shape index (κ1) is 17.4. The maximum Gasteiger partial charge on any atom is 0.256 e. The molecule has 0 unspecified atom stereocenters. The van der Waals surface area contributed by atoms with Crippen LogP contribution in [0, 0.1) is 6.92 Å². The molecule has 1 aliphatic rings. The fourth-order valence-electron chi connectivity index (χ4n) is 3.02. The van der Waals surface area contributed by atoms with Gasteiger partial charge in [-0.3, -0.25) is 9.59 Å². The van der Waals surface area contributed by atoms with Gasteiger partial charge in [0.2, 0.25) is 0 Å². The second-order valence-corrected chi connectivity index (χ2v) is 7.52. The van der Waals surface area contributed by atoms with Crippen LogP contribution in [0.25, 0.3) is 0 Å². The number of carbonyl (C=O) groups is 2. The molecular formula is C22H18N2O2S. The van der Waals surface area contributed by atoms with Crippen LogP contribution in [0.3, 0.4) is 0 Å². The Labute approximate surface area is 162 Å². The van der Waals surface area contributed by atoms with E-state index in [-0.39, 0.29) is 11.8 Å². The van der Waals surface area contributed by atoms with Crippen molar-refractivity contribution < 1.29 is 9.59 Å². The zero-order valence-corrected chi connectivity index (χ0v) is 15.6. The van der Waals surface area contributed by atoms with Crippen molar-refractivity contribution in [3.63, 3.8) is 0 Å². The largest absolute Gasteiger partial charge is 0.348 e. The standard InChI is InChI=1S/C22H18N2O2S/c1-14-5-4-6-15(11-14)13-23-21(25)16-9-10-20-18(12-16)24-22(26)17-7-2-3-8-19(17)27-20/h2-12H,13H2,1H3,(H,23,25)(H,24,26). The molecule has 3 aromatic carbocycles. The predicted molar refractivity (Wildman–Crippen MR) is 107 cm³/mol. The number of nitrogens with one attached hydrogen (secondary N) is 2. The van der Waals surface area contributed by atoms with Gasteiger partial charge in [-0.05, 0) is 42.8 Å². The summed E-state index contributed by atoms with van der Waals surface area (Å²) in [5, 5.41) is 5.85. The molecule has 0 fully saturated rings. The first-order valence-corrected chi connectivity index (χ1v) is 9.48. The van der Waals surface area contributed by atoms with Crippen molar-refractivity contribution in [2.24, 2.45) is 0 Å². The average Bonchev–Trinajstić information content (AvgIpc) is 2.81. The maximum absolute atomic E-state index is 12.5. The van der Waals surface area contributed by atoms with Gasteiger partial charge < -0.3 is 10.6 Å². The molecule has 0 saturated heterocycles. The molecule has 4 nitrogen and oxygen atoms in total. The smallest absolute Gasteiger partial charge is 0.256 e. The predicted octanol–water partition coefficient (Wildman–Crippen LogP) is 4.64. The van der Waals surface area contributed by atoms with Crippen molar-refractivity contribution in [3.8, 4) is 0 Å². The minimum Gasteiger partial charge on any atom is -0.348 e. The van der Waals surface area contributed by atoms with E-state index in [1.54, 1.807) is 18.2 Å². The molecule has 27 heavy (non-hydrogen) atoms. The van der Waals surface area contributed by atoms with E-state index in [1.165, 1.54) is 11.8 Å². The third-order valence-corrected chi connectivity index (χ3v) is 5.53. The van der Waals surface area contributed by atoms with E-state index in [1.807, 2.05) is 55.5 Å². The van der Waals surface area contributed by atoms with E-state index in [9.17, 15) is 9.59 Å². The lowest BCUT2D eigenvalue weighted by Crippen LogP contribution is -2.23. The molecule has 134 valence electrons. The van der Waals surface area contributed by atoms with Gasteiger partial charge in [0.25, 0.3) is 11.8 Å². The molecule has 5 heteroatoms. The van der Waals surface area contributed by atoms with Crippen molar-refractivity contribution in [3.05, 3.63) is 89.0 Å². The van der Waals surface area contributed by atoms with Crippen molar-refractivity contribution >= 4 is 29.3 Å². The van der Waals surface area contributed by atoms with Crippen molar-refractivity contribution in [1.82, 2.24) is 5.32 Å². The number of amides is 2. The third kappa shape index (κ3) is 3.73. The van der Waals surface area contributed by atoms with Gasteiger partial charge in [0, 0.05) is 21.9 Å². The molecule has 1 heterocycles. The summed E-state index contributed by atoms with van der Waals surface area (Å²) in [5.41, 5.74) is 4.03. The molecule has 0 aliphatic carbocycles. The highest BCUT2D eigenvalue weighted by molar-refractivity contribution is 7.99. The lowest BCUT2D eigenvalue weighted by Gasteiger charge is -2.10. The van der Waals surface area contributed by atoms with Crippen molar-refractivity contribution in [2.75, 3.05) is 5.32 Å². The third-order valence-electron chi connectivity index (χ3n) is 4.38. The van der Waals surface area contributed by atoms with Crippen LogP contribution in [-0.4, -0.2) is 11.8 Å². The van der Waals surface area contributed by atoms with E-state index >= 15 is 0 Å². The summed E-state index contributed by atoms with van der Waals surface area (Å²) in [4.78, 5) is 26.8. The maximum atomic E-state index is 12.5. The molecule has 4 rings (SSSR count). The lowest BCUT2D eigenvalue weighted by atomic mass is 10.1. The van der Waals surface area contributed by atoms with Gasteiger partial charge >= 0.3 is 0 Å². The highest BCUT2D eigenvalue weighted by atomic mass is 32.2. The van der Waals surface area contributed by atoms with Gasteiger partial charge in [0.1, 0.15) is 0 Å². The van der Waals surface area contributed by atoms with Crippen LogP contribution >= 0.6 is 11.8 Å². The summed E-state index contributed by atoms with van der Waals surface area (Å²) in [6, 6.07) is 20.9. The summed E-state index contributed by atoms with van der Waals surface area (Å²) in [7, 11) is 0. The van der Waals surface area contributed by atoms with Crippen LogP contribution in [0.4, 0.5) is 5.69 Å². The summed E-state index contributed by atoms with van der Waals surface area (Å²) in [5.74, 6) is -0.325. The Morgan fingerprint density at radius 1 is 1.00 bits per heavy atom. The number of aryl methyl sites for hydroxylation is 1. The highest BCUT2D eigenvalue weighted by Crippen LogP contribution is 2.38. The van der Waals surface area contributed by atoms with Crippen LogP contribution in [0.2, 0.25) is 0 Å². The van der Waals surface area contributed by atoms with E-state index in [4.69, 9.17) is 0 Å². The quantitative estimate of drug-likeness (QED) is 0.702. The van der Waals surface area contributed by atoms with Gasteiger partial charge in [-0.15, -0.1) is 0 Å². The van der Waals surface area contributed by atoms with Crippen molar-refractivity contribution in [2.45, 2.75) is 23.3 Å². The normalized spacial score (nSPS) is 12.4. The number of rotatable bonds is 3. The number of carbonyl (C=O) groups excluding carboxylic acids is 2. The van der Waals surface area contributed by atoms with Gasteiger partial charge in [-0.1, -0.05) is 53.7 Å². The van der Waals surface area contributed by atoms with E-state index in [2.05, 4.69) is 10.6 Å². The van der Waals surface area contributed by atoms with Gasteiger partial charge in [-0.25, -0.2) is 0 Å². The van der Waals surface area contributed by atoms with E-state index < -0.39 is 0 Å². The number of hydrogen-bond acceptors (Lipinski definition) is 3. The molecule has 1 aliphatic heterocycles. The minimum absolute atomic E-state index is 0.158. The minimum atomic E-state index is -0.166.